The maximum Gasteiger partial charge on any atom is 0.318 e. The lowest BCUT2D eigenvalue weighted by Gasteiger charge is -2.40. The number of thiophene rings is 1. The highest BCUT2D eigenvalue weighted by molar-refractivity contribution is 7.10. The Morgan fingerprint density at radius 3 is 2.66 bits per heavy atom. The summed E-state index contributed by atoms with van der Waals surface area (Å²) >= 11 is 1.73. The lowest BCUT2D eigenvalue weighted by Crippen LogP contribution is -2.55. The van der Waals surface area contributed by atoms with Crippen LogP contribution in [0.2, 0.25) is 0 Å². The summed E-state index contributed by atoms with van der Waals surface area (Å²) in [5, 5.41) is 4.92. The summed E-state index contributed by atoms with van der Waals surface area (Å²) in [5.41, 5.74) is 2.96. The summed E-state index contributed by atoms with van der Waals surface area (Å²) < 4.78 is 6.21. The molecule has 1 atom stereocenters. The number of carbonyl (C=O) groups is 2. The minimum Gasteiger partial charge on any atom is -0.491 e. The van der Waals surface area contributed by atoms with E-state index in [2.05, 4.69) is 29.8 Å². The average Bonchev–Trinajstić information content (AvgIpc) is 3.19. The molecule has 6 nitrogen and oxygen atoms in total. The van der Waals surface area contributed by atoms with Crippen LogP contribution in [0.25, 0.3) is 0 Å². The summed E-state index contributed by atoms with van der Waals surface area (Å²) in [6.07, 6.45) is 0.829. The zero-order chi connectivity index (χ0) is 23.5. The standard InChI is InChI=1S/C25H35N3O3S/c1-7-26-24(30)28(25(4,5)6)15-23(29)27-12-10-22-19(11-13-32-22)20(27)16-31-21-9-8-17(2)14-18(21)3/h8-9,11,13-14,20H,7,10,12,15-16H2,1-6H3,(H,26,30)/t20-/m0/s1. The lowest BCUT2D eigenvalue weighted by molar-refractivity contribution is -0.136. The van der Waals surface area contributed by atoms with Gasteiger partial charge in [-0.25, -0.2) is 4.79 Å². The molecule has 3 rings (SSSR count). The SMILES string of the molecule is CCNC(=O)N(CC(=O)N1CCc2sccc2[C@@H]1COc1ccc(C)cc1C)C(C)(C)C. The third-order valence-corrected chi connectivity index (χ3v) is 6.82. The first-order valence-corrected chi connectivity index (χ1v) is 12.1. The number of hydrogen-bond acceptors (Lipinski definition) is 4. The Balaban J connectivity index is 1.81. The Labute approximate surface area is 195 Å². The van der Waals surface area contributed by atoms with Gasteiger partial charge in [0.05, 0.1) is 6.04 Å². The molecule has 32 heavy (non-hydrogen) atoms. The van der Waals surface area contributed by atoms with Crippen LogP contribution in [0.1, 0.15) is 55.3 Å². The number of nitrogens with one attached hydrogen (secondary N) is 1. The van der Waals surface area contributed by atoms with Crippen molar-refractivity contribution in [3.05, 3.63) is 51.2 Å². The predicted molar refractivity (Wildman–Crippen MR) is 129 cm³/mol. The van der Waals surface area contributed by atoms with E-state index >= 15 is 0 Å². The highest BCUT2D eigenvalue weighted by Crippen LogP contribution is 2.34. The van der Waals surface area contributed by atoms with Crippen LogP contribution < -0.4 is 10.1 Å². The Morgan fingerprint density at radius 1 is 1.25 bits per heavy atom. The van der Waals surface area contributed by atoms with Crippen molar-refractivity contribution in [2.45, 2.75) is 59.5 Å². The number of carbonyl (C=O) groups excluding carboxylic acids is 2. The molecule has 0 radical (unpaired) electrons. The molecule has 3 amide bonds. The fourth-order valence-electron chi connectivity index (χ4n) is 4.09. The minimum atomic E-state index is -0.469. The second-order valence-corrected chi connectivity index (χ2v) is 10.3. The lowest BCUT2D eigenvalue weighted by atomic mass is 10.00. The number of nitrogens with zero attached hydrogens (tertiary/aromatic N) is 2. The van der Waals surface area contributed by atoms with E-state index in [0.29, 0.717) is 19.7 Å². The second-order valence-electron chi connectivity index (χ2n) is 9.32. The number of benzene rings is 1. The van der Waals surface area contributed by atoms with Crippen molar-refractivity contribution in [3.63, 3.8) is 0 Å². The van der Waals surface area contributed by atoms with Crippen molar-refractivity contribution in [2.24, 2.45) is 0 Å². The van der Waals surface area contributed by atoms with Gasteiger partial charge in [-0.3, -0.25) is 4.79 Å². The molecule has 0 bridgehead atoms. The van der Waals surface area contributed by atoms with E-state index < -0.39 is 5.54 Å². The van der Waals surface area contributed by atoms with Gasteiger partial charge in [0.25, 0.3) is 0 Å². The van der Waals surface area contributed by atoms with Gasteiger partial charge in [-0.15, -0.1) is 11.3 Å². The molecule has 174 valence electrons. The smallest absolute Gasteiger partial charge is 0.318 e. The molecular weight excluding hydrogens is 422 g/mol. The first-order valence-electron chi connectivity index (χ1n) is 11.2. The number of urea groups is 1. The fraction of sp³-hybridized carbons (Fsp3) is 0.520. The molecule has 0 aliphatic carbocycles. The van der Waals surface area contributed by atoms with Crippen LogP contribution in [0.3, 0.4) is 0 Å². The first-order chi connectivity index (χ1) is 15.1. The first kappa shape index (κ1) is 24.1. The van der Waals surface area contributed by atoms with E-state index in [1.165, 1.54) is 10.4 Å². The highest BCUT2D eigenvalue weighted by Gasteiger charge is 2.35. The summed E-state index contributed by atoms with van der Waals surface area (Å²) in [6, 6.07) is 7.84. The van der Waals surface area contributed by atoms with Crippen LogP contribution in [0, 0.1) is 13.8 Å². The molecule has 0 saturated heterocycles. The molecule has 1 N–H and O–H groups in total. The molecule has 1 aromatic carbocycles. The summed E-state index contributed by atoms with van der Waals surface area (Å²) in [4.78, 5) is 30.9. The molecule has 1 aromatic heterocycles. The third kappa shape index (κ3) is 5.44. The fourth-order valence-corrected chi connectivity index (χ4v) is 5.02. The Morgan fingerprint density at radius 2 is 2.00 bits per heavy atom. The minimum absolute atomic E-state index is 0.0366. The monoisotopic (exact) mass is 457 g/mol. The Bertz CT molecular complexity index is 964. The van der Waals surface area contributed by atoms with E-state index in [0.717, 1.165) is 23.3 Å². The molecule has 1 aliphatic heterocycles. The summed E-state index contributed by atoms with van der Waals surface area (Å²) in [6.45, 7) is 13.4. The van der Waals surface area contributed by atoms with Crippen molar-refractivity contribution < 1.29 is 14.3 Å². The van der Waals surface area contributed by atoms with Crippen LogP contribution in [-0.4, -0.2) is 53.5 Å². The molecule has 7 heteroatoms. The van der Waals surface area contributed by atoms with E-state index in [9.17, 15) is 9.59 Å². The van der Waals surface area contributed by atoms with Crippen molar-refractivity contribution in [3.8, 4) is 5.75 Å². The van der Waals surface area contributed by atoms with Crippen molar-refractivity contribution in [1.29, 1.82) is 0 Å². The number of aryl methyl sites for hydroxylation is 2. The molecule has 0 spiro atoms. The van der Waals surface area contributed by atoms with Gasteiger partial charge in [-0.2, -0.15) is 0 Å². The van der Waals surface area contributed by atoms with Crippen molar-refractivity contribution in [2.75, 3.05) is 26.2 Å². The largest absolute Gasteiger partial charge is 0.491 e. The van der Waals surface area contributed by atoms with Gasteiger partial charge in [-0.05, 0) is 76.6 Å². The maximum atomic E-state index is 13.5. The van der Waals surface area contributed by atoms with Gasteiger partial charge in [0, 0.05) is 23.5 Å². The van der Waals surface area contributed by atoms with E-state index in [-0.39, 0.29) is 24.5 Å². The Hall–Kier alpha value is -2.54. The van der Waals surface area contributed by atoms with Gasteiger partial charge in [-0.1, -0.05) is 17.7 Å². The maximum absolute atomic E-state index is 13.5. The quantitative estimate of drug-likeness (QED) is 0.684. The summed E-state index contributed by atoms with van der Waals surface area (Å²) in [5.74, 6) is 0.779. The molecule has 0 unspecified atom stereocenters. The number of hydrogen-bond donors (Lipinski definition) is 1. The van der Waals surface area contributed by atoms with Crippen LogP contribution in [-0.2, 0) is 11.2 Å². The van der Waals surface area contributed by atoms with E-state index in [1.54, 1.807) is 16.2 Å². The highest BCUT2D eigenvalue weighted by atomic mass is 32.1. The van der Waals surface area contributed by atoms with Crippen LogP contribution in [0.15, 0.2) is 29.6 Å². The van der Waals surface area contributed by atoms with Crippen LogP contribution in [0.5, 0.6) is 5.75 Å². The zero-order valence-electron chi connectivity index (χ0n) is 20.0. The molecule has 1 aliphatic rings. The van der Waals surface area contributed by atoms with Gasteiger partial charge >= 0.3 is 6.03 Å². The van der Waals surface area contributed by atoms with Gasteiger partial charge in [0.15, 0.2) is 0 Å². The molecular formula is C25H35N3O3S. The van der Waals surface area contributed by atoms with E-state index in [1.807, 2.05) is 51.7 Å². The zero-order valence-corrected chi connectivity index (χ0v) is 20.8. The molecule has 0 fully saturated rings. The van der Waals surface area contributed by atoms with Gasteiger partial charge in [0.2, 0.25) is 5.91 Å². The topological polar surface area (TPSA) is 61.9 Å². The summed E-state index contributed by atoms with van der Waals surface area (Å²) in [7, 11) is 0. The second kappa shape index (κ2) is 9.94. The molecule has 2 heterocycles. The number of fused-ring (bicyclic) bond motifs is 1. The Kier molecular flexibility index (Phi) is 7.49. The number of rotatable bonds is 6. The third-order valence-electron chi connectivity index (χ3n) is 5.82. The predicted octanol–water partition coefficient (Wildman–Crippen LogP) is 4.70. The van der Waals surface area contributed by atoms with Gasteiger partial charge in [0.1, 0.15) is 18.9 Å². The molecule has 0 saturated carbocycles. The molecule has 2 aromatic rings. The number of amides is 3. The van der Waals surface area contributed by atoms with Crippen LogP contribution in [0.4, 0.5) is 4.79 Å². The van der Waals surface area contributed by atoms with Crippen molar-refractivity contribution in [1.82, 2.24) is 15.1 Å². The van der Waals surface area contributed by atoms with Crippen molar-refractivity contribution >= 4 is 23.3 Å². The van der Waals surface area contributed by atoms with E-state index in [4.69, 9.17) is 4.74 Å². The van der Waals surface area contributed by atoms with Crippen LogP contribution >= 0.6 is 11.3 Å². The normalized spacial score (nSPS) is 15.8. The van der Waals surface area contributed by atoms with Gasteiger partial charge < -0.3 is 19.9 Å². The number of ether oxygens (including phenoxy) is 1. The average molecular weight is 458 g/mol.